The van der Waals surface area contributed by atoms with Crippen molar-refractivity contribution >= 4 is 5.96 Å². The summed E-state index contributed by atoms with van der Waals surface area (Å²) < 4.78 is 22.1. The van der Waals surface area contributed by atoms with Gasteiger partial charge >= 0.3 is 0 Å². The first-order chi connectivity index (χ1) is 13.1. The third-order valence-electron chi connectivity index (χ3n) is 4.95. The fourth-order valence-corrected chi connectivity index (χ4v) is 3.17. The Labute approximate surface area is 162 Å². The highest BCUT2D eigenvalue weighted by molar-refractivity contribution is 5.79. The summed E-state index contributed by atoms with van der Waals surface area (Å²) in [6, 6.07) is 5.86. The Morgan fingerprint density at radius 3 is 2.56 bits per heavy atom. The Morgan fingerprint density at radius 1 is 1.22 bits per heavy atom. The first-order valence-electron chi connectivity index (χ1n) is 9.40. The van der Waals surface area contributed by atoms with Crippen LogP contribution in [0.15, 0.2) is 23.2 Å². The molecule has 0 atom stereocenters. The molecule has 0 spiro atoms. The van der Waals surface area contributed by atoms with E-state index < -0.39 is 0 Å². The maximum atomic E-state index is 5.80. The molecule has 0 amide bonds. The van der Waals surface area contributed by atoms with E-state index in [0.717, 1.165) is 55.6 Å². The molecule has 0 saturated carbocycles. The number of methoxy groups -OCH3 is 3. The maximum absolute atomic E-state index is 5.80. The molecule has 0 radical (unpaired) electrons. The zero-order valence-corrected chi connectivity index (χ0v) is 17.2. The van der Waals surface area contributed by atoms with Gasteiger partial charge in [0.1, 0.15) is 11.5 Å². The van der Waals surface area contributed by atoms with Gasteiger partial charge in [0.05, 0.1) is 26.4 Å². The van der Waals surface area contributed by atoms with Gasteiger partial charge in [0.15, 0.2) is 5.96 Å². The number of benzene rings is 1. The van der Waals surface area contributed by atoms with Crippen LogP contribution in [0.1, 0.15) is 25.3 Å². The minimum Gasteiger partial charge on any atom is -0.497 e. The highest BCUT2D eigenvalue weighted by Gasteiger charge is 2.32. The minimum atomic E-state index is -0.239. The summed E-state index contributed by atoms with van der Waals surface area (Å²) in [6.07, 6.45) is 1.73. The lowest BCUT2D eigenvalue weighted by Crippen LogP contribution is -2.44. The van der Waals surface area contributed by atoms with Gasteiger partial charge in [-0.1, -0.05) is 0 Å². The highest BCUT2D eigenvalue weighted by Crippen LogP contribution is 2.26. The average Bonchev–Trinajstić information content (AvgIpc) is 2.71. The summed E-state index contributed by atoms with van der Waals surface area (Å²) in [5.74, 6) is 2.42. The average molecular weight is 380 g/mol. The number of aliphatic imine (C=N–C) groups is 1. The molecular weight excluding hydrogens is 346 g/mol. The number of guanidine groups is 1. The third-order valence-corrected chi connectivity index (χ3v) is 4.95. The van der Waals surface area contributed by atoms with Crippen molar-refractivity contribution in [3.8, 4) is 11.5 Å². The first-order valence-corrected chi connectivity index (χ1v) is 9.40. The first kappa shape index (κ1) is 21.3. The van der Waals surface area contributed by atoms with Crippen molar-refractivity contribution < 1.29 is 18.9 Å². The van der Waals surface area contributed by atoms with E-state index in [9.17, 15) is 0 Å². The molecule has 0 unspecified atom stereocenters. The van der Waals surface area contributed by atoms with Gasteiger partial charge in [0, 0.05) is 64.9 Å². The van der Waals surface area contributed by atoms with Crippen LogP contribution >= 0.6 is 0 Å². The molecule has 0 aliphatic carbocycles. The SMILES string of the molecule is CCNC(=NCC1(OC)CCOCC1)N(C)Cc1ccc(OC)cc1OC. The fraction of sp³-hybridized carbons (Fsp3) is 0.650. The monoisotopic (exact) mass is 379 g/mol. The Hall–Kier alpha value is -1.99. The predicted octanol–water partition coefficient (Wildman–Crippen LogP) is 2.30. The quantitative estimate of drug-likeness (QED) is 0.552. The van der Waals surface area contributed by atoms with Gasteiger partial charge in [-0.3, -0.25) is 4.99 Å². The molecule has 2 rings (SSSR count). The molecule has 1 heterocycles. The van der Waals surface area contributed by atoms with Crippen LogP contribution < -0.4 is 14.8 Å². The van der Waals surface area contributed by atoms with E-state index in [4.69, 9.17) is 23.9 Å². The number of nitrogens with one attached hydrogen (secondary N) is 1. The van der Waals surface area contributed by atoms with Crippen LogP contribution in [0, 0.1) is 0 Å². The predicted molar refractivity (Wildman–Crippen MR) is 107 cm³/mol. The van der Waals surface area contributed by atoms with E-state index in [0.29, 0.717) is 13.1 Å². The Kier molecular flexibility index (Phi) is 8.19. The van der Waals surface area contributed by atoms with E-state index in [-0.39, 0.29) is 5.60 Å². The summed E-state index contributed by atoms with van der Waals surface area (Å²) in [5.41, 5.74) is 0.830. The third kappa shape index (κ3) is 5.74. The number of rotatable bonds is 8. The molecule has 1 aliphatic rings. The summed E-state index contributed by atoms with van der Waals surface area (Å²) in [4.78, 5) is 6.94. The number of ether oxygens (including phenoxy) is 4. The fourth-order valence-electron chi connectivity index (χ4n) is 3.17. The minimum absolute atomic E-state index is 0.239. The zero-order chi connectivity index (χ0) is 19.7. The molecular formula is C20H33N3O4. The van der Waals surface area contributed by atoms with Crippen molar-refractivity contribution in [2.24, 2.45) is 4.99 Å². The van der Waals surface area contributed by atoms with Crippen molar-refractivity contribution in [3.05, 3.63) is 23.8 Å². The number of nitrogens with zero attached hydrogens (tertiary/aromatic N) is 2. The smallest absolute Gasteiger partial charge is 0.194 e. The van der Waals surface area contributed by atoms with E-state index in [1.807, 2.05) is 25.2 Å². The number of hydrogen-bond donors (Lipinski definition) is 1. The van der Waals surface area contributed by atoms with E-state index in [2.05, 4.69) is 17.1 Å². The Bertz CT molecular complexity index is 615. The van der Waals surface area contributed by atoms with E-state index in [1.54, 1.807) is 21.3 Å². The van der Waals surface area contributed by atoms with Gasteiger partial charge in [0.25, 0.3) is 0 Å². The van der Waals surface area contributed by atoms with Crippen molar-refractivity contribution in [1.82, 2.24) is 10.2 Å². The van der Waals surface area contributed by atoms with Gasteiger partial charge in [-0.15, -0.1) is 0 Å². The molecule has 1 fully saturated rings. The lowest BCUT2D eigenvalue weighted by Gasteiger charge is -2.35. The van der Waals surface area contributed by atoms with E-state index >= 15 is 0 Å². The summed E-state index contributed by atoms with van der Waals surface area (Å²) in [6.45, 7) is 5.59. The van der Waals surface area contributed by atoms with Crippen molar-refractivity contribution in [2.75, 3.05) is 54.7 Å². The lowest BCUT2D eigenvalue weighted by atomic mass is 9.94. The molecule has 1 N–H and O–H groups in total. The van der Waals surface area contributed by atoms with Crippen molar-refractivity contribution in [2.45, 2.75) is 31.9 Å². The van der Waals surface area contributed by atoms with Gasteiger partial charge < -0.3 is 29.2 Å². The molecule has 0 bridgehead atoms. The van der Waals surface area contributed by atoms with Crippen molar-refractivity contribution in [1.29, 1.82) is 0 Å². The van der Waals surface area contributed by atoms with Gasteiger partial charge in [-0.2, -0.15) is 0 Å². The summed E-state index contributed by atoms with van der Waals surface area (Å²) in [5, 5.41) is 3.37. The Morgan fingerprint density at radius 2 is 1.96 bits per heavy atom. The standard InChI is InChI=1S/C20H33N3O4/c1-6-21-19(22-15-20(26-5)9-11-27-12-10-20)23(2)14-16-7-8-17(24-3)13-18(16)25-4/h7-8,13H,6,9-12,14-15H2,1-5H3,(H,21,22). The topological polar surface area (TPSA) is 64.6 Å². The van der Waals surface area contributed by atoms with Crippen LogP contribution in [0.2, 0.25) is 0 Å². The molecule has 1 aliphatic heterocycles. The van der Waals surface area contributed by atoms with Gasteiger partial charge in [-0.25, -0.2) is 0 Å². The van der Waals surface area contributed by atoms with E-state index in [1.165, 1.54) is 0 Å². The molecule has 1 aromatic rings. The maximum Gasteiger partial charge on any atom is 0.194 e. The highest BCUT2D eigenvalue weighted by atomic mass is 16.5. The van der Waals surface area contributed by atoms with Crippen LogP contribution in [0.5, 0.6) is 11.5 Å². The van der Waals surface area contributed by atoms with Crippen LogP contribution in [0.4, 0.5) is 0 Å². The lowest BCUT2D eigenvalue weighted by molar-refractivity contribution is -0.0829. The number of hydrogen-bond acceptors (Lipinski definition) is 5. The molecule has 1 saturated heterocycles. The summed E-state index contributed by atoms with van der Waals surface area (Å²) >= 11 is 0. The molecule has 152 valence electrons. The van der Waals surface area contributed by atoms with Crippen LogP contribution in [0.3, 0.4) is 0 Å². The second-order valence-electron chi connectivity index (χ2n) is 6.70. The molecule has 27 heavy (non-hydrogen) atoms. The normalized spacial score (nSPS) is 16.7. The Balaban J connectivity index is 2.13. The second-order valence-corrected chi connectivity index (χ2v) is 6.70. The second kappa shape index (κ2) is 10.4. The largest absolute Gasteiger partial charge is 0.497 e. The van der Waals surface area contributed by atoms with Crippen LogP contribution in [0.25, 0.3) is 0 Å². The summed E-state index contributed by atoms with van der Waals surface area (Å²) in [7, 11) is 7.11. The van der Waals surface area contributed by atoms with Crippen molar-refractivity contribution in [3.63, 3.8) is 0 Å². The van der Waals surface area contributed by atoms with Gasteiger partial charge in [-0.05, 0) is 19.1 Å². The zero-order valence-electron chi connectivity index (χ0n) is 17.2. The molecule has 1 aromatic carbocycles. The van der Waals surface area contributed by atoms with Crippen LogP contribution in [-0.2, 0) is 16.0 Å². The van der Waals surface area contributed by atoms with Gasteiger partial charge in [0.2, 0.25) is 0 Å². The molecule has 7 heteroatoms. The van der Waals surface area contributed by atoms with Crippen LogP contribution in [-0.4, -0.2) is 71.1 Å². The molecule has 7 nitrogen and oxygen atoms in total. The molecule has 0 aromatic heterocycles.